The Morgan fingerprint density at radius 2 is 1.81 bits per heavy atom. The van der Waals surface area contributed by atoms with Gasteiger partial charge in [0.05, 0.1) is 7.11 Å². The van der Waals surface area contributed by atoms with Crippen LogP contribution in [-0.4, -0.2) is 31.2 Å². The molecule has 0 bridgehead atoms. The van der Waals surface area contributed by atoms with Crippen LogP contribution in [0.15, 0.2) is 59.6 Å². The maximum Gasteiger partial charge on any atom is 0.273 e. The van der Waals surface area contributed by atoms with Crippen molar-refractivity contribution in [1.82, 2.24) is 9.78 Å². The molecule has 1 heterocycles. The van der Waals surface area contributed by atoms with Crippen LogP contribution in [-0.2, 0) is 22.5 Å². The fourth-order valence-electron chi connectivity index (χ4n) is 3.02. The van der Waals surface area contributed by atoms with E-state index in [4.69, 9.17) is 4.74 Å². The number of hydrogen-bond donors (Lipinski definition) is 2. The molecule has 0 saturated heterocycles. The van der Waals surface area contributed by atoms with E-state index in [-0.39, 0.29) is 22.0 Å². The maximum absolute atomic E-state index is 13.0. The first-order valence-corrected chi connectivity index (χ1v) is 11.1. The van der Waals surface area contributed by atoms with Gasteiger partial charge in [0.15, 0.2) is 0 Å². The third kappa shape index (κ3) is 5.05. The predicted octanol–water partition coefficient (Wildman–Crippen LogP) is 3.78. The molecule has 164 valence electrons. The lowest BCUT2D eigenvalue weighted by molar-refractivity contribution is 0.101. The highest BCUT2D eigenvalue weighted by Gasteiger charge is 2.22. The van der Waals surface area contributed by atoms with Gasteiger partial charge in [0.1, 0.15) is 16.3 Å². The van der Waals surface area contributed by atoms with Crippen molar-refractivity contribution < 1.29 is 17.9 Å². The zero-order valence-electron chi connectivity index (χ0n) is 18.1. The third-order valence-corrected chi connectivity index (χ3v) is 6.17. The molecule has 0 radical (unpaired) electrons. The van der Waals surface area contributed by atoms with Gasteiger partial charge >= 0.3 is 0 Å². The van der Waals surface area contributed by atoms with Crippen LogP contribution < -0.4 is 14.8 Å². The second-order valence-electron chi connectivity index (χ2n) is 8.10. The lowest BCUT2D eigenvalue weighted by Crippen LogP contribution is -2.17. The molecule has 0 aliphatic heterocycles. The molecule has 3 aromatic rings. The Morgan fingerprint density at radius 3 is 2.42 bits per heavy atom. The second-order valence-corrected chi connectivity index (χ2v) is 9.75. The monoisotopic (exact) mass is 442 g/mol. The Hall–Kier alpha value is -3.33. The van der Waals surface area contributed by atoms with E-state index >= 15 is 0 Å². The molecule has 31 heavy (non-hydrogen) atoms. The minimum atomic E-state index is -3.92. The Kier molecular flexibility index (Phi) is 6.08. The molecule has 2 aromatic carbocycles. The van der Waals surface area contributed by atoms with Crippen LogP contribution in [0.2, 0.25) is 0 Å². The number of hydrogen-bond acceptors (Lipinski definition) is 5. The van der Waals surface area contributed by atoms with Crippen LogP contribution in [0.3, 0.4) is 0 Å². The third-order valence-electron chi connectivity index (χ3n) is 4.75. The highest BCUT2D eigenvalue weighted by molar-refractivity contribution is 7.92. The topological polar surface area (TPSA) is 102 Å². The number of nitrogens with zero attached hydrogens (tertiary/aromatic N) is 2. The summed E-state index contributed by atoms with van der Waals surface area (Å²) >= 11 is 0. The van der Waals surface area contributed by atoms with Crippen LogP contribution in [0.5, 0.6) is 5.75 Å². The van der Waals surface area contributed by atoms with Gasteiger partial charge in [-0.2, -0.15) is 5.10 Å². The number of ether oxygens (including phenoxy) is 1. The van der Waals surface area contributed by atoms with Gasteiger partial charge in [0, 0.05) is 30.7 Å². The fourth-order valence-corrected chi connectivity index (χ4v) is 4.22. The number of methoxy groups -OCH3 is 1. The SMILES string of the molecule is COc1cc(NC(=O)c2ccnn2C)ccc1S(=O)(=O)Nc1cccc(C(C)(C)C)c1. The highest BCUT2D eigenvalue weighted by Crippen LogP contribution is 2.30. The number of nitrogens with one attached hydrogen (secondary N) is 2. The largest absolute Gasteiger partial charge is 0.495 e. The number of aryl methyl sites for hydroxylation is 1. The summed E-state index contributed by atoms with van der Waals surface area (Å²) in [6.45, 7) is 6.17. The normalized spacial score (nSPS) is 11.8. The van der Waals surface area contributed by atoms with Gasteiger partial charge in [0.25, 0.3) is 15.9 Å². The number of benzene rings is 2. The summed E-state index contributed by atoms with van der Waals surface area (Å²) in [5, 5.41) is 6.68. The first-order chi connectivity index (χ1) is 14.5. The van der Waals surface area contributed by atoms with Gasteiger partial charge in [-0.15, -0.1) is 0 Å². The fraction of sp³-hybridized carbons (Fsp3) is 0.273. The Bertz CT molecular complexity index is 1210. The molecule has 1 aromatic heterocycles. The molecular weight excluding hydrogens is 416 g/mol. The molecule has 0 atom stereocenters. The van der Waals surface area contributed by atoms with Crippen molar-refractivity contribution in [3.63, 3.8) is 0 Å². The minimum Gasteiger partial charge on any atom is -0.495 e. The van der Waals surface area contributed by atoms with E-state index in [1.165, 1.54) is 36.2 Å². The van der Waals surface area contributed by atoms with E-state index in [0.29, 0.717) is 17.1 Å². The average molecular weight is 443 g/mol. The lowest BCUT2D eigenvalue weighted by atomic mass is 9.87. The first kappa shape index (κ1) is 22.4. The van der Waals surface area contributed by atoms with Gasteiger partial charge in [-0.3, -0.25) is 14.2 Å². The van der Waals surface area contributed by atoms with E-state index in [1.54, 1.807) is 19.2 Å². The summed E-state index contributed by atoms with van der Waals surface area (Å²) in [7, 11) is -0.881. The van der Waals surface area contributed by atoms with Crippen molar-refractivity contribution >= 4 is 27.3 Å². The number of carbonyl (C=O) groups is 1. The summed E-state index contributed by atoms with van der Waals surface area (Å²) in [6, 6.07) is 13.2. The lowest BCUT2D eigenvalue weighted by Gasteiger charge is -2.20. The van der Waals surface area contributed by atoms with Crippen molar-refractivity contribution in [2.45, 2.75) is 31.1 Å². The zero-order valence-corrected chi connectivity index (χ0v) is 18.9. The summed E-state index contributed by atoms with van der Waals surface area (Å²) in [6.07, 6.45) is 1.52. The van der Waals surface area contributed by atoms with Crippen LogP contribution in [0.4, 0.5) is 11.4 Å². The average Bonchev–Trinajstić information content (AvgIpc) is 3.13. The van der Waals surface area contributed by atoms with Crippen LogP contribution in [0.25, 0.3) is 0 Å². The van der Waals surface area contributed by atoms with Crippen LogP contribution >= 0.6 is 0 Å². The molecule has 2 N–H and O–H groups in total. The molecule has 8 nitrogen and oxygen atoms in total. The van der Waals surface area contributed by atoms with Gasteiger partial charge in [-0.05, 0) is 41.3 Å². The maximum atomic E-state index is 13.0. The quantitative estimate of drug-likeness (QED) is 0.605. The van der Waals surface area contributed by atoms with Gasteiger partial charge in [-0.25, -0.2) is 8.42 Å². The van der Waals surface area contributed by atoms with Gasteiger partial charge in [0.2, 0.25) is 0 Å². The van der Waals surface area contributed by atoms with E-state index in [9.17, 15) is 13.2 Å². The van der Waals surface area contributed by atoms with E-state index in [1.807, 2.05) is 18.2 Å². The zero-order chi connectivity index (χ0) is 22.8. The smallest absolute Gasteiger partial charge is 0.273 e. The van der Waals surface area contributed by atoms with E-state index in [0.717, 1.165) is 5.56 Å². The molecule has 0 spiro atoms. The molecule has 0 aliphatic carbocycles. The van der Waals surface area contributed by atoms with Crippen molar-refractivity contribution in [1.29, 1.82) is 0 Å². The number of amides is 1. The highest BCUT2D eigenvalue weighted by atomic mass is 32.2. The number of sulfonamides is 1. The van der Waals surface area contributed by atoms with Gasteiger partial charge < -0.3 is 10.1 Å². The number of aromatic nitrogens is 2. The van der Waals surface area contributed by atoms with Crippen LogP contribution in [0.1, 0.15) is 36.8 Å². The molecule has 0 saturated carbocycles. The molecule has 0 aliphatic rings. The number of carbonyl (C=O) groups excluding carboxylic acids is 1. The number of anilines is 2. The van der Waals surface area contributed by atoms with Crippen molar-refractivity contribution in [3.8, 4) is 5.75 Å². The molecule has 0 fully saturated rings. The van der Waals surface area contributed by atoms with Crippen molar-refractivity contribution in [2.24, 2.45) is 7.05 Å². The summed E-state index contributed by atoms with van der Waals surface area (Å²) in [5.41, 5.74) is 2.12. The van der Waals surface area contributed by atoms with Gasteiger partial charge in [-0.1, -0.05) is 32.9 Å². The van der Waals surface area contributed by atoms with E-state index in [2.05, 4.69) is 35.9 Å². The Balaban J connectivity index is 1.86. The van der Waals surface area contributed by atoms with Crippen LogP contribution in [0, 0.1) is 0 Å². The summed E-state index contributed by atoms with van der Waals surface area (Å²) in [5.74, 6) is -0.253. The summed E-state index contributed by atoms with van der Waals surface area (Å²) in [4.78, 5) is 12.4. The summed E-state index contributed by atoms with van der Waals surface area (Å²) < 4.78 is 35.4. The van der Waals surface area contributed by atoms with Crippen molar-refractivity contribution in [2.75, 3.05) is 17.1 Å². The molecular formula is C22H26N4O4S. The molecule has 9 heteroatoms. The number of rotatable bonds is 6. The van der Waals surface area contributed by atoms with E-state index < -0.39 is 10.0 Å². The minimum absolute atomic E-state index is 0.0327. The molecule has 3 rings (SSSR count). The predicted molar refractivity (Wildman–Crippen MR) is 120 cm³/mol. The van der Waals surface area contributed by atoms with Crippen molar-refractivity contribution in [3.05, 3.63) is 66.0 Å². The standard InChI is InChI=1S/C22H26N4O4S/c1-22(2,3)15-7-6-8-17(13-15)25-31(28,29)20-10-9-16(14-19(20)30-5)24-21(27)18-11-12-23-26(18)4/h6-14,25H,1-5H3,(H,24,27). The first-order valence-electron chi connectivity index (χ1n) is 9.62. The molecule has 0 unspecified atom stereocenters. The Morgan fingerprint density at radius 1 is 1.06 bits per heavy atom. The second kappa shape index (κ2) is 8.43. The molecule has 1 amide bonds. The Labute approximate surface area is 182 Å².